The first-order chi connectivity index (χ1) is 18.9. The highest BCUT2D eigenvalue weighted by Gasteiger charge is 2.12. The van der Waals surface area contributed by atoms with Crippen molar-refractivity contribution in [1.82, 2.24) is 5.43 Å². The molecular formula is C31H28Br2N2O4. The highest BCUT2D eigenvalue weighted by molar-refractivity contribution is 9.11. The summed E-state index contributed by atoms with van der Waals surface area (Å²) in [6.07, 6.45) is 1.58. The Bertz CT molecular complexity index is 1420. The van der Waals surface area contributed by atoms with Gasteiger partial charge in [0.1, 0.15) is 19.0 Å². The van der Waals surface area contributed by atoms with Gasteiger partial charge >= 0.3 is 0 Å². The molecule has 0 bridgehead atoms. The Morgan fingerprint density at radius 1 is 0.821 bits per heavy atom. The van der Waals surface area contributed by atoms with E-state index < -0.39 is 0 Å². The molecule has 4 rings (SSSR count). The molecule has 0 fully saturated rings. The molecular weight excluding hydrogens is 624 g/mol. The average Bonchev–Trinajstić information content (AvgIpc) is 2.93. The van der Waals surface area contributed by atoms with Gasteiger partial charge in [0.2, 0.25) is 0 Å². The van der Waals surface area contributed by atoms with Gasteiger partial charge in [0.15, 0.2) is 11.5 Å². The van der Waals surface area contributed by atoms with Crippen LogP contribution < -0.4 is 19.6 Å². The zero-order chi connectivity index (χ0) is 27.6. The molecule has 0 aliphatic heterocycles. The van der Waals surface area contributed by atoms with E-state index in [1.165, 1.54) is 0 Å². The van der Waals surface area contributed by atoms with Crippen LogP contribution in [-0.2, 0) is 13.2 Å². The van der Waals surface area contributed by atoms with Crippen LogP contribution in [-0.4, -0.2) is 18.7 Å². The highest BCUT2D eigenvalue weighted by Crippen LogP contribution is 2.36. The molecule has 1 N–H and O–H groups in total. The highest BCUT2D eigenvalue weighted by atomic mass is 79.9. The van der Waals surface area contributed by atoms with Gasteiger partial charge < -0.3 is 14.2 Å². The van der Waals surface area contributed by atoms with Crippen LogP contribution in [0.4, 0.5) is 0 Å². The van der Waals surface area contributed by atoms with Crippen molar-refractivity contribution in [2.45, 2.75) is 27.1 Å². The molecule has 0 aliphatic rings. The second-order valence-corrected chi connectivity index (χ2v) is 10.4. The third kappa shape index (κ3) is 8.18. The fraction of sp³-hybridized carbons (Fsp3) is 0.161. The minimum atomic E-state index is -0.271. The van der Waals surface area contributed by atoms with Gasteiger partial charge in [-0.05, 0) is 98.8 Å². The first kappa shape index (κ1) is 28.4. The fourth-order valence-corrected chi connectivity index (χ4v) is 5.10. The molecule has 0 radical (unpaired) electrons. The average molecular weight is 652 g/mol. The van der Waals surface area contributed by atoms with E-state index in [2.05, 4.69) is 42.4 Å². The van der Waals surface area contributed by atoms with Crippen molar-refractivity contribution in [3.63, 3.8) is 0 Å². The standard InChI is InChI=1S/C31H28Br2N2O4/c1-3-37-29-17-23(11-14-28(29)38-19-22-7-5-4-6-8-22)20-39-30-26(32)15-24(16-27(30)33)18-34-35-31(36)25-12-9-21(2)10-13-25/h4-18H,3,19-20H2,1-2H3,(H,35,36)/b34-18+. The van der Waals surface area contributed by atoms with Crippen LogP contribution in [0.15, 0.2) is 99.0 Å². The second kappa shape index (κ2) is 14.0. The molecule has 1 amide bonds. The lowest BCUT2D eigenvalue weighted by Crippen LogP contribution is -2.17. The van der Waals surface area contributed by atoms with E-state index >= 15 is 0 Å². The SMILES string of the molecule is CCOc1cc(COc2c(Br)cc(/C=N/NC(=O)c3ccc(C)cc3)cc2Br)ccc1OCc1ccccc1. The van der Waals surface area contributed by atoms with Gasteiger partial charge in [-0.3, -0.25) is 4.79 Å². The quantitative estimate of drug-likeness (QED) is 0.133. The number of halogens is 2. The normalized spacial score (nSPS) is 10.9. The Kier molecular flexibility index (Phi) is 10.2. The summed E-state index contributed by atoms with van der Waals surface area (Å²) >= 11 is 7.16. The van der Waals surface area contributed by atoms with Gasteiger partial charge in [0, 0.05) is 5.56 Å². The van der Waals surface area contributed by atoms with Crippen LogP contribution in [0.2, 0.25) is 0 Å². The minimum absolute atomic E-state index is 0.271. The van der Waals surface area contributed by atoms with Crippen LogP contribution >= 0.6 is 31.9 Å². The molecule has 200 valence electrons. The van der Waals surface area contributed by atoms with Crippen molar-refractivity contribution in [1.29, 1.82) is 0 Å². The Balaban J connectivity index is 1.38. The monoisotopic (exact) mass is 650 g/mol. The summed E-state index contributed by atoms with van der Waals surface area (Å²) in [5.74, 6) is 1.74. The van der Waals surface area contributed by atoms with Gasteiger partial charge in [0.05, 0.1) is 21.8 Å². The molecule has 4 aromatic carbocycles. The maximum absolute atomic E-state index is 12.3. The van der Waals surface area contributed by atoms with Crippen LogP contribution in [0, 0.1) is 6.92 Å². The van der Waals surface area contributed by atoms with Crippen molar-refractivity contribution in [3.8, 4) is 17.2 Å². The topological polar surface area (TPSA) is 69.2 Å². The second-order valence-electron chi connectivity index (χ2n) is 8.66. The Labute approximate surface area is 245 Å². The lowest BCUT2D eigenvalue weighted by Gasteiger charge is -2.15. The van der Waals surface area contributed by atoms with E-state index in [1.807, 2.05) is 86.6 Å². The van der Waals surface area contributed by atoms with Gasteiger partial charge in [0.25, 0.3) is 5.91 Å². The molecule has 39 heavy (non-hydrogen) atoms. The number of carbonyl (C=O) groups is 1. The van der Waals surface area contributed by atoms with Gasteiger partial charge in [-0.2, -0.15) is 5.10 Å². The van der Waals surface area contributed by atoms with E-state index in [9.17, 15) is 4.79 Å². The lowest BCUT2D eigenvalue weighted by molar-refractivity contribution is 0.0955. The number of hydrogen-bond donors (Lipinski definition) is 1. The molecule has 0 unspecified atom stereocenters. The first-order valence-corrected chi connectivity index (χ1v) is 14.0. The fourth-order valence-electron chi connectivity index (χ4n) is 3.65. The molecule has 8 heteroatoms. The number of carbonyl (C=O) groups excluding carboxylic acids is 1. The molecule has 0 saturated heterocycles. The summed E-state index contributed by atoms with van der Waals surface area (Å²) in [4.78, 5) is 12.3. The number of aryl methyl sites for hydroxylation is 1. The largest absolute Gasteiger partial charge is 0.490 e. The van der Waals surface area contributed by atoms with Crippen molar-refractivity contribution >= 4 is 44.0 Å². The minimum Gasteiger partial charge on any atom is -0.490 e. The Morgan fingerprint density at radius 2 is 1.51 bits per heavy atom. The molecule has 4 aromatic rings. The number of hydrazone groups is 1. The van der Waals surface area contributed by atoms with Gasteiger partial charge in [-0.15, -0.1) is 0 Å². The molecule has 6 nitrogen and oxygen atoms in total. The number of nitrogens with one attached hydrogen (secondary N) is 1. The lowest BCUT2D eigenvalue weighted by atomic mass is 10.1. The summed E-state index contributed by atoms with van der Waals surface area (Å²) in [5, 5.41) is 4.08. The van der Waals surface area contributed by atoms with Crippen LogP contribution in [0.1, 0.15) is 39.5 Å². The molecule has 0 aromatic heterocycles. The zero-order valence-electron chi connectivity index (χ0n) is 21.6. The van der Waals surface area contributed by atoms with Crippen molar-refractivity contribution in [3.05, 3.63) is 122 Å². The molecule has 0 heterocycles. The number of hydrogen-bond acceptors (Lipinski definition) is 5. The van der Waals surface area contributed by atoms with Crippen LogP contribution in [0.5, 0.6) is 17.2 Å². The maximum Gasteiger partial charge on any atom is 0.271 e. The smallest absolute Gasteiger partial charge is 0.271 e. The number of amides is 1. The van der Waals surface area contributed by atoms with Crippen molar-refractivity contribution < 1.29 is 19.0 Å². The third-order valence-corrected chi connectivity index (χ3v) is 6.82. The molecule has 0 aliphatic carbocycles. The van der Waals surface area contributed by atoms with E-state index in [-0.39, 0.29) is 5.91 Å². The molecule has 0 spiro atoms. The summed E-state index contributed by atoms with van der Waals surface area (Å²) in [7, 11) is 0. The van der Waals surface area contributed by atoms with Gasteiger partial charge in [-0.25, -0.2) is 5.43 Å². The summed E-state index contributed by atoms with van der Waals surface area (Å²) in [6, 6.07) is 26.8. The Hall–Kier alpha value is -3.62. The van der Waals surface area contributed by atoms with Crippen LogP contribution in [0.25, 0.3) is 0 Å². The maximum atomic E-state index is 12.3. The van der Waals surface area contributed by atoms with E-state index in [4.69, 9.17) is 14.2 Å². The zero-order valence-corrected chi connectivity index (χ0v) is 24.8. The summed E-state index contributed by atoms with van der Waals surface area (Å²) < 4.78 is 19.4. The number of nitrogens with zero attached hydrogens (tertiary/aromatic N) is 1. The summed E-state index contributed by atoms with van der Waals surface area (Å²) in [5.41, 5.74) is 7.00. The predicted molar refractivity (Wildman–Crippen MR) is 161 cm³/mol. The van der Waals surface area contributed by atoms with E-state index in [0.29, 0.717) is 42.6 Å². The number of benzene rings is 4. The van der Waals surface area contributed by atoms with E-state index in [0.717, 1.165) is 31.2 Å². The summed E-state index contributed by atoms with van der Waals surface area (Å²) in [6.45, 7) is 5.23. The van der Waals surface area contributed by atoms with Crippen molar-refractivity contribution in [2.24, 2.45) is 5.10 Å². The number of rotatable bonds is 11. The van der Waals surface area contributed by atoms with Crippen molar-refractivity contribution in [2.75, 3.05) is 6.61 Å². The predicted octanol–water partition coefficient (Wildman–Crippen LogP) is 7.84. The molecule has 0 saturated carbocycles. The third-order valence-electron chi connectivity index (χ3n) is 5.64. The van der Waals surface area contributed by atoms with Gasteiger partial charge in [-0.1, -0.05) is 54.1 Å². The van der Waals surface area contributed by atoms with Crippen LogP contribution in [0.3, 0.4) is 0 Å². The number of ether oxygens (including phenoxy) is 3. The van der Waals surface area contributed by atoms with E-state index in [1.54, 1.807) is 18.3 Å². The molecule has 0 atom stereocenters. The Morgan fingerprint density at radius 3 is 2.21 bits per heavy atom. The first-order valence-electron chi connectivity index (χ1n) is 12.4.